The molecule has 0 amide bonds. The highest BCUT2D eigenvalue weighted by Crippen LogP contribution is 2.37. The van der Waals surface area contributed by atoms with Crippen molar-refractivity contribution in [2.45, 2.75) is 39.4 Å². The van der Waals surface area contributed by atoms with Gasteiger partial charge < -0.3 is 18.9 Å². The molecule has 0 heterocycles. The van der Waals surface area contributed by atoms with Gasteiger partial charge in [0.05, 0.1) is 13.2 Å². The molecule has 0 saturated carbocycles. The average Bonchev–Trinajstić information content (AvgIpc) is 3.16. The van der Waals surface area contributed by atoms with Gasteiger partial charge in [-0.05, 0) is 77.9 Å². The van der Waals surface area contributed by atoms with Gasteiger partial charge in [-0.2, -0.15) is 0 Å². The van der Waals surface area contributed by atoms with Crippen LogP contribution in [0.15, 0.2) is 91.0 Å². The van der Waals surface area contributed by atoms with Crippen LogP contribution in [-0.4, -0.2) is 38.5 Å². The van der Waals surface area contributed by atoms with Gasteiger partial charge in [0.15, 0.2) is 6.10 Å². The van der Waals surface area contributed by atoms with Crippen LogP contribution in [0.1, 0.15) is 53.3 Å². The second-order valence-corrected chi connectivity index (χ2v) is 10.3. The Balaban J connectivity index is 1.26. The second kappa shape index (κ2) is 14.1. The molecule has 42 heavy (non-hydrogen) atoms. The minimum absolute atomic E-state index is 0.209. The first-order chi connectivity index (χ1) is 20.6. The molecule has 0 fully saturated rings. The van der Waals surface area contributed by atoms with Gasteiger partial charge in [-0.3, -0.25) is 0 Å². The SMILES string of the molecule is CCOC(=O)C(Cc1ccc(OCCOC2c3ccc(-c4ccccc4)cc3C=Cc3ccc(C)cc32)cc1)OCC. The third kappa shape index (κ3) is 7.17. The maximum absolute atomic E-state index is 12.2. The Morgan fingerprint density at radius 1 is 0.762 bits per heavy atom. The van der Waals surface area contributed by atoms with Crippen molar-refractivity contribution in [1.29, 1.82) is 0 Å². The zero-order valence-corrected chi connectivity index (χ0v) is 24.5. The van der Waals surface area contributed by atoms with Crippen molar-refractivity contribution < 1.29 is 23.7 Å². The molecule has 216 valence electrons. The molecule has 0 spiro atoms. The second-order valence-electron chi connectivity index (χ2n) is 10.3. The summed E-state index contributed by atoms with van der Waals surface area (Å²) in [7, 11) is 0. The molecule has 5 nitrogen and oxygen atoms in total. The first-order valence-electron chi connectivity index (χ1n) is 14.6. The fraction of sp³-hybridized carbons (Fsp3) is 0.270. The highest BCUT2D eigenvalue weighted by Gasteiger charge is 2.23. The summed E-state index contributed by atoms with van der Waals surface area (Å²) in [6, 6.07) is 31.3. The standard InChI is InChI=1S/C37H38O5/c1-4-39-35(37(38)40-5-2)24-27-12-18-32(19-13-27)41-21-22-42-36-33-20-17-30(28-9-7-6-8-10-28)25-31(33)16-15-29-14-11-26(3)23-34(29)36/h6-20,23,25,35-36H,4-5,21-22,24H2,1-3H3. The number of esters is 1. The number of carbonyl (C=O) groups is 1. The zero-order valence-electron chi connectivity index (χ0n) is 24.5. The van der Waals surface area contributed by atoms with Gasteiger partial charge in [0.2, 0.25) is 0 Å². The van der Waals surface area contributed by atoms with E-state index in [1.54, 1.807) is 6.92 Å². The number of carbonyl (C=O) groups excluding carboxylic acids is 1. The molecule has 0 radical (unpaired) electrons. The number of benzene rings is 4. The molecule has 4 aromatic carbocycles. The van der Waals surface area contributed by atoms with Crippen molar-refractivity contribution in [1.82, 2.24) is 0 Å². The van der Waals surface area contributed by atoms with Crippen LogP contribution in [0.4, 0.5) is 0 Å². The highest BCUT2D eigenvalue weighted by molar-refractivity contribution is 5.79. The monoisotopic (exact) mass is 562 g/mol. The highest BCUT2D eigenvalue weighted by atomic mass is 16.6. The smallest absolute Gasteiger partial charge is 0.335 e. The Morgan fingerprint density at radius 3 is 2.31 bits per heavy atom. The van der Waals surface area contributed by atoms with Crippen molar-refractivity contribution in [3.05, 3.63) is 124 Å². The van der Waals surface area contributed by atoms with Crippen molar-refractivity contribution in [3.63, 3.8) is 0 Å². The van der Waals surface area contributed by atoms with Crippen LogP contribution in [0.2, 0.25) is 0 Å². The van der Waals surface area contributed by atoms with Crippen molar-refractivity contribution in [3.8, 4) is 16.9 Å². The van der Waals surface area contributed by atoms with Gasteiger partial charge in [-0.1, -0.05) is 90.5 Å². The number of ether oxygens (including phenoxy) is 4. The first-order valence-corrected chi connectivity index (χ1v) is 14.6. The number of hydrogen-bond acceptors (Lipinski definition) is 5. The molecule has 1 aliphatic rings. The Morgan fingerprint density at radius 2 is 1.55 bits per heavy atom. The van der Waals surface area contributed by atoms with Crippen LogP contribution in [0.3, 0.4) is 0 Å². The van der Waals surface area contributed by atoms with E-state index in [1.165, 1.54) is 16.7 Å². The van der Waals surface area contributed by atoms with Crippen LogP contribution in [0.5, 0.6) is 5.75 Å². The summed E-state index contributed by atoms with van der Waals surface area (Å²) in [4.78, 5) is 12.2. The van der Waals surface area contributed by atoms with Crippen LogP contribution in [0.25, 0.3) is 23.3 Å². The fourth-order valence-electron chi connectivity index (χ4n) is 5.28. The largest absolute Gasteiger partial charge is 0.491 e. The minimum Gasteiger partial charge on any atom is -0.491 e. The fourth-order valence-corrected chi connectivity index (χ4v) is 5.28. The molecule has 0 saturated heterocycles. The van der Waals surface area contributed by atoms with E-state index < -0.39 is 6.10 Å². The van der Waals surface area contributed by atoms with Crippen LogP contribution in [-0.2, 0) is 25.4 Å². The molecule has 1 aliphatic carbocycles. The van der Waals surface area contributed by atoms with Crippen LogP contribution in [0, 0.1) is 6.92 Å². The molecule has 2 atom stereocenters. The lowest BCUT2D eigenvalue weighted by Crippen LogP contribution is -2.28. The quantitative estimate of drug-likeness (QED) is 0.130. The Labute approximate surface area is 248 Å². The third-order valence-electron chi connectivity index (χ3n) is 7.34. The molecule has 4 aromatic rings. The maximum atomic E-state index is 12.2. The molecule has 0 N–H and O–H groups in total. The first kappa shape index (κ1) is 29.3. The van der Waals surface area contributed by atoms with Crippen molar-refractivity contribution in [2.24, 2.45) is 0 Å². The molecular weight excluding hydrogens is 524 g/mol. The Hall–Kier alpha value is -4.19. The predicted molar refractivity (Wildman–Crippen MR) is 167 cm³/mol. The summed E-state index contributed by atoms with van der Waals surface area (Å²) in [6.45, 7) is 7.40. The molecule has 5 rings (SSSR count). The normalized spacial score (nSPS) is 14.4. The van der Waals surface area contributed by atoms with E-state index in [4.69, 9.17) is 18.9 Å². The van der Waals surface area contributed by atoms with Gasteiger partial charge in [0.1, 0.15) is 18.5 Å². The molecule has 0 aromatic heterocycles. The Bertz CT molecular complexity index is 1510. The van der Waals surface area contributed by atoms with Gasteiger partial charge in [-0.15, -0.1) is 0 Å². The van der Waals surface area contributed by atoms with E-state index in [0.29, 0.717) is 32.8 Å². The summed E-state index contributed by atoms with van der Waals surface area (Å²) < 4.78 is 23.3. The predicted octanol–water partition coefficient (Wildman–Crippen LogP) is 7.84. The van der Waals surface area contributed by atoms with Crippen LogP contribution >= 0.6 is 0 Å². The minimum atomic E-state index is -0.609. The topological polar surface area (TPSA) is 54.0 Å². The summed E-state index contributed by atoms with van der Waals surface area (Å²) in [6.07, 6.45) is 4.01. The summed E-state index contributed by atoms with van der Waals surface area (Å²) in [5, 5.41) is 0. The molecule has 2 unspecified atom stereocenters. The molecule has 0 bridgehead atoms. The van der Waals surface area contributed by atoms with Gasteiger partial charge in [-0.25, -0.2) is 4.79 Å². The third-order valence-corrected chi connectivity index (χ3v) is 7.34. The number of rotatable bonds is 12. The van der Waals surface area contributed by atoms with Gasteiger partial charge in [0.25, 0.3) is 0 Å². The van der Waals surface area contributed by atoms with E-state index in [-0.39, 0.29) is 12.1 Å². The number of fused-ring (bicyclic) bond motifs is 2. The Kier molecular flexibility index (Phi) is 9.86. The van der Waals surface area contributed by atoms with E-state index in [2.05, 4.69) is 79.7 Å². The van der Waals surface area contributed by atoms with Gasteiger partial charge in [0, 0.05) is 13.0 Å². The van der Waals surface area contributed by atoms with Crippen molar-refractivity contribution in [2.75, 3.05) is 26.4 Å². The van der Waals surface area contributed by atoms with E-state index in [9.17, 15) is 4.79 Å². The molecule has 5 heteroatoms. The maximum Gasteiger partial charge on any atom is 0.335 e. The lowest BCUT2D eigenvalue weighted by molar-refractivity contribution is -0.156. The summed E-state index contributed by atoms with van der Waals surface area (Å²) >= 11 is 0. The van der Waals surface area contributed by atoms with E-state index in [0.717, 1.165) is 33.6 Å². The summed E-state index contributed by atoms with van der Waals surface area (Å²) in [5.41, 5.74) is 9.17. The van der Waals surface area contributed by atoms with E-state index >= 15 is 0 Å². The zero-order chi connectivity index (χ0) is 29.3. The van der Waals surface area contributed by atoms with Crippen molar-refractivity contribution >= 4 is 18.1 Å². The molecular formula is C37H38O5. The number of aryl methyl sites for hydroxylation is 1. The lowest BCUT2D eigenvalue weighted by atomic mass is 9.93. The molecule has 0 aliphatic heterocycles. The van der Waals surface area contributed by atoms with Crippen LogP contribution < -0.4 is 4.74 Å². The van der Waals surface area contributed by atoms with Gasteiger partial charge >= 0.3 is 5.97 Å². The lowest BCUT2D eigenvalue weighted by Gasteiger charge is -2.22. The van der Waals surface area contributed by atoms with E-state index in [1.807, 2.05) is 37.3 Å². The average molecular weight is 563 g/mol. The summed E-state index contributed by atoms with van der Waals surface area (Å²) in [5.74, 6) is 0.415. The number of hydrogen-bond donors (Lipinski definition) is 0.